The van der Waals surface area contributed by atoms with E-state index in [1.165, 1.54) is 0 Å². The third kappa shape index (κ3) is 3.91. The number of hydrogen-bond donors (Lipinski definition) is 1. The zero-order valence-corrected chi connectivity index (χ0v) is 11.2. The first-order valence-corrected chi connectivity index (χ1v) is 8.16. The quantitative estimate of drug-likeness (QED) is 0.713. The maximum absolute atomic E-state index is 12.0. The molecule has 5 nitrogen and oxygen atoms in total. The minimum atomic E-state index is -2.96. The van der Waals surface area contributed by atoms with E-state index in [1.54, 1.807) is 0 Å². The van der Waals surface area contributed by atoms with E-state index in [0.717, 1.165) is 32.7 Å². The van der Waals surface area contributed by atoms with Crippen molar-refractivity contribution in [2.24, 2.45) is 5.92 Å². The normalized spacial score (nSPS) is 27.9. The second kappa shape index (κ2) is 5.65. The van der Waals surface area contributed by atoms with Crippen molar-refractivity contribution in [1.82, 2.24) is 10.2 Å². The second-order valence-electron chi connectivity index (χ2n) is 4.99. The molecule has 0 spiro atoms. The minimum absolute atomic E-state index is 0.137. The zero-order valence-electron chi connectivity index (χ0n) is 10.4. The van der Waals surface area contributed by atoms with Crippen LogP contribution in [0.1, 0.15) is 6.92 Å². The van der Waals surface area contributed by atoms with Crippen LogP contribution in [0.4, 0.5) is 0 Å². The van der Waals surface area contributed by atoms with Crippen molar-refractivity contribution in [2.45, 2.75) is 13.0 Å². The Labute approximate surface area is 103 Å². The lowest BCUT2D eigenvalue weighted by Crippen LogP contribution is -2.48. The molecule has 1 N–H and O–H groups in total. The Kier molecular flexibility index (Phi) is 4.41. The van der Waals surface area contributed by atoms with Crippen LogP contribution >= 0.6 is 0 Å². The first-order chi connectivity index (χ1) is 8.09. The van der Waals surface area contributed by atoms with Crippen molar-refractivity contribution in [3.05, 3.63) is 0 Å². The van der Waals surface area contributed by atoms with Crippen molar-refractivity contribution < 1.29 is 13.2 Å². The number of ether oxygens (including phenoxy) is 1. The van der Waals surface area contributed by atoms with Gasteiger partial charge in [0.2, 0.25) is 0 Å². The Hall–Kier alpha value is -0.170. The van der Waals surface area contributed by atoms with Gasteiger partial charge in [-0.3, -0.25) is 4.90 Å². The van der Waals surface area contributed by atoms with Crippen LogP contribution in [0.25, 0.3) is 0 Å². The molecule has 2 aliphatic heterocycles. The van der Waals surface area contributed by atoms with Crippen LogP contribution in [0, 0.1) is 5.92 Å². The van der Waals surface area contributed by atoms with Crippen LogP contribution in [0.2, 0.25) is 0 Å². The Morgan fingerprint density at radius 3 is 2.71 bits per heavy atom. The number of hydrogen-bond acceptors (Lipinski definition) is 5. The zero-order chi connectivity index (χ0) is 12.3. The maximum atomic E-state index is 12.0. The van der Waals surface area contributed by atoms with Crippen molar-refractivity contribution in [2.75, 3.05) is 50.8 Å². The topological polar surface area (TPSA) is 58.6 Å². The summed E-state index contributed by atoms with van der Waals surface area (Å²) in [5, 5.41) is 3.10. The molecule has 1 unspecified atom stereocenters. The highest BCUT2D eigenvalue weighted by atomic mass is 32.2. The van der Waals surface area contributed by atoms with E-state index in [9.17, 15) is 8.42 Å². The van der Waals surface area contributed by atoms with E-state index in [1.807, 2.05) is 0 Å². The van der Waals surface area contributed by atoms with Gasteiger partial charge >= 0.3 is 0 Å². The Morgan fingerprint density at radius 1 is 1.35 bits per heavy atom. The first-order valence-electron chi connectivity index (χ1n) is 6.34. The molecule has 2 rings (SSSR count). The molecule has 2 heterocycles. The highest BCUT2D eigenvalue weighted by Crippen LogP contribution is 2.12. The average molecular weight is 262 g/mol. The molecule has 2 saturated heterocycles. The number of nitrogens with one attached hydrogen (secondary N) is 1. The van der Waals surface area contributed by atoms with Crippen LogP contribution in [0.5, 0.6) is 0 Å². The predicted octanol–water partition coefficient (Wildman–Crippen LogP) is -0.659. The molecule has 1 atom stereocenters. The van der Waals surface area contributed by atoms with Gasteiger partial charge in [0, 0.05) is 26.2 Å². The van der Waals surface area contributed by atoms with Crippen molar-refractivity contribution >= 4 is 9.84 Å². The molecule has 2 aliphatic rings. The van der Waals surface area contributed by atoms with Gasteiger partial charge < -0.3 is 10.1 Å². The van der Waals surface area contributed by atoms with Gasteiger partial charge in [0.05, 0.1) is 24.2 Å². The Morgan fingerprint density at radius 2 is 2.12 bits per heavy atom. The second-order valence-corrected chi connectivity index (χ2v) is 7.14. The molecule has 0 radical (unpaired) electrons. The third-order valence-corrected chi connectivity index (χ3v) is 5.32. The molecule has 2 fully saturated rings. The van der Waals surface area contributed by atoms with Gasteiger partial charge in [0.1, 0.15) is 0 Å². The molecule has 100 valence electrons. The van der Waals surface area contributed by atoms with E-state index >= 15 is 0 Å². The SMILES string of the molecule is CCN1CCOC(CS(=O)(=O)CC2CNC2)C1. The summed E-state index contributed by atoms with van der Waals surface area (Å²) in [6.45, 7) is 7.05. The summed E-state index contributed by atoms with van der Waals surface area (Å²) in [5.41, 5.74) is 0. The van der Waals surface area contributed by atoms with E-state index in [4.69, 9.17) is 4.74 Å². The summed E-state index contributed by atoms with van der Waals surface area (Å²) in [4.78, 5) is 2.24. The van der Waals surface area contributed by atoms with Crippen LogP contribution in [0.3, 0.4) is 0 Å². The minimum Gasteiger partial charge on any atom is -0.374 e. The van der Waals surface area contributed by atoms with E-state index in [-0.39, 0.29) is 11.9 Å². The number of rotatable bonds is 5. The monoisotopic (exact) mass is 262 g/mol. The van der Waals surface area contributed by atoms with Gasteiger partial charge in [0.15, 0.2) is 9.84 Å². The van der Waals surface area contributed by atoms with Gasteiger partial charge in [-0.15, -0.1) is 0 Å². The summed E-state index contributed by atoms with van der Waals surface area (Å²) in [7, 11) is -2.96. The summed E-state index contributed by atoms with van der Waals surface area (Å²) in [6.07, 6.45) is -0.137. The molecule has 0 saturated carbocycles. The van der Waals surface area contributed by atoms with Gasteiger partial charge in [-0.25, -0.2) is 8.42 Å². The lowest BCUT2D eigenvalue weighted by molar-refractivity contribution is -0.0145. The lowest BCUT2D eigenvalue weighted by Gasteiger charge is -2.32. The fourth-order valence-electron chi connectivity index (χ4n) is 2.35. The highest BCUT2D eigenvalue weighted by Gasteiger charge is 2.29. The lowest BCUT2D eigenvalue weighted by atomic mass is 10.1. The molecule has 17 heavy (non-hydrogen) atoms. The van der Waals surface area contributed by atoms with Crippen molar-refractivity contribution in [3.8, 4) is 0 Å². The van der Waals surface area contributed by atoms with Crippen molar-refractivity contribution in [3.63, 3.8) is 0 Å². The number of morpholine rings is 1. The van der Waals surface area contributed by atoms with E-state index < -0.39 is 9.84 Å². The molecule has 0 aliphatic carbocycles. The number of likely N-dealkylation sites (N-methyl/N-ethyl adjacent to an activating group) is 1. The molecular weight excluding hydrogens is 240 g/mol. The number of nitrogens with zero attached hydrogens (tertiary/aromatic N) is 1. The Balaban J connectivity index is 1.81. The molecule has 0 amide bonds. The predicted molar refractivity (Wildman–Crippen MR) is 66.9 cm³/mol. The van der Waals surface area contributed by atoms with E-state index in [2.05, 4.69) is 17.1 Å². The van der Waals surface area contributed by atoms with E-state index in [0.29, 0.717) is 18.3 Å². The van der Waals surface area contributed by atoms with Crippen LogP contribution in [0.15, 0.2) is 0 Å². The van der Waals surface area contributed by atoms with Gasteiger partial charge in [-0.2, -0.15) is 0 Å². The molecule has 0 aromatic carbocycles. The van der Waals surface area contributed by atoms with Gasteiger partial charge in [-0.05, 0) is 12.5 Å². The third-order valence-electron chi connectivity index (χ3n) is 3.47. The summed E-state index contributed by atoms with van der Waals surface area (Å²) >= 11 is 0. The van der Waals surface area contributed by atoms with Crippen LogP contribution < -0.4 is 5.32 Å². The fraction of sp³-hybridized carbons (Fsp3) is 1.00. The molecule has 0 aromatic heterocycles. The molecule has 0 bridgehead atoms. The Bertz CT molecular complexity index is 341. The van der Waals surface area contributed by atoms with Gasteiger partial charge in [-0.1, -0.05) is 6.92 Å². The summed E-state index contributed by atoms with van der Waals surface area (Å²) < 4.78 is 29.5. The average Bonchev–Trinajstić information content (AvgIpc) is 2.23. The first kappa shape index (κ1) is 13.3. The molecule has 0 aromatic rings. The number of sulfone groups is 1. The molecule has 6 heteroatoms. The maximum Gasteiger partial charge on any atom is 0.153 e. The van der Waals surface area contributed by atoms with Crippen LogP contribution in [-0.4, -0.2) is 70.3 Å². The van der Waals surface area contributed by atoms with Crippen molar-refractivity contribution in [1.29, 1.82) is 0 Å². The smallest absolute Gasteiger partial charge is 0.153 e. The van der Waals surface area contributed by atoms with Crippen LogP contribution in [-0.2, 0) is 14.6 Å². The van der Waals surface area contributed by atoms with Gasteiger partial charge in [0.25, 0.3) is 0 Å². The molecular formula is C11H22N2O3S. The highest BCUT2D eigenvalue weighted by molar-refractivity contribution is 7.91. The standard InChI is InChI=1S/C11H22N2O3S/c1-2-13-3-4-16-11(7-13)9-17(14,15)8-10-5-12-6-10/h10-12H,2-9H2,1H3. The fourth-order valence-corrected chi connectivity index (χ4v) is 4.20. The summed E-state index contributed by atoms with van der Waals surface area (Å²) in [5.74, 6) is 0.803. The largest absolute Gasteiger partial charge is 0.374 e. The summed E-state index contributed by atoms with van der Waals surface area (Å²) in [6, 6.07) is 0.